The molecule has 5 nitrogen and oxygen atoms in total. The Balaban J connectivity index is 1.99. The summed E-state index contributed by atoms with van der Waals surface area (Å²) < 4.78 is 2.52. The lowest BCUT2D eigenvalue weighted by Crippen LogP contribution is -2.14. The fraction of sp³-hybridized carbons (Fsp3) is 0.200. The number of nitrogen functional groups attached to an aromatic ring is 2. The number of fused-ring (bicyclic) bond motifs is 1. The van der Waals surface area contributed by atoms with E-state index in [9.17, 15) is 0 Å². The molecule has 0 amide bonds. The molecule has 0 atom stereocenters. The molecule has 4 rings (SSSR count). The van der Waals surface area contributed by atoms with Gasteiger partial charge in [-0.15, -0.1) is 0 Å². The number of halogens is 1. The van der Waals surface area contributed by atoms with Gasteiger partial charge in [0.1, 0.15) is 11.5 Å². The number of hydrogen-bond donors (Lipinski definition) is 2. The normalized spacial score (nSPS) is 14.7. The summed E-state index contributed by atoms with van der Waals surface area (Å²) in [5.41, 5.74) is 8.67. The third kappa shape index (κ3) is 1.90. The van der Waals surface area contributed by atoms with Crippen molar-refractivity contribution in [2.24, 2.45) is 0 Å². The molecule has 0 unspecified atom stereocenters. The highest BCUT2D eigenvalue weighted by Gasteiger charge is 2.31. The SMILES string of the molecule is Nc1c(-c2ccc(Br)c3cccnc23)nc(C2CC2)n1N. The monoisotopic (exact) mass is 343 g/mol. The van der Waals surface area contributed by atoms with Crippen LogP contribution in [0.5, 0.6) is 0 Å². The molecule has 0 saturated heterocycles. The van der Waals surface area contributed by atoms with Crippen LogP contribution in [-0.2, 0) is 0 Å². The van der Waals surface area contributed by atoms with E-state index in [1.54, 1.807) is 6.20 Å². The number of rotatable bonds is 2. The summed E-state index contributed by atoms with van der Waals surface area (Å²) in [6.07, 6.45) is 4.04. The lowest BCUT2D eigenvalue weighted by molar-refractivity contribution is 0.855. The topological polar surface area (TPSA) is 82.8 Å². The van der Waals surface area contributed by atoms with Crippen LogP contribution in [0.25, 0.3) is 22.2 Å². The van der Waals surface area contributed by atoms with Crippen molar-refractivity contribution in [3.8, 4) is 11.3 Å². The number of hydrogen-bond acceptors (Lipinski definition) is 4. The van der Waals surface area contributed by atoms with E-state index in [0.717, 1.165) is 45.3 Å². The molecule has 1 aliphatic rings. The summed E-state index contributed by atoms with van der Waals surface area (Å²) >= 11 is 3.55. The minimum atomic E-state index is 0.445. The maximum atomic E-state index is 6.17. The van der Waals surface area contributed by atoms with E-state index < -0.39 is 0 Å². The second kappa shape index (κ2) is 4.46. The van der Waals surface area contributed by atoms with Crippen LogP contribution in [0.1, 0.15) is 24.6 Å². The molecule has 1 aromatic carbocycles. The molecule has 0 radical (unpaired) electrons. The summed E-state index contributed by atoms with van der Waals surface area (Å²) in [4.78, 5) is 9.16. The zero-order valence-corrected chi connectivity index (χ0v) is 12.8. The van der Waals surface area contributed by atoms with Gasteiger partial charge in [-0.3, -0.25) is 4.98 Å². The molecule has 3 aromatic rings. The predicted octanol–water partition coefficient (Wildman–Crippen LogP) is 3.03. The fourth-order valence-electron chi connectivity index (χ4n) is 2.62. The number of imidazole rings is 1. The minimum Gasteiger partial charge on any atom is -0.382 e. The number of nitrogens with two attached hydrogens (primary N) is 2. The second-order valence-corrected chi connectivity index (χ2v) is 6.20. The molecule has 0 aliphatic heterocycles. The quantitative estimate of drug-likeness (QED) is 0.700. The molecule has 4 N–H and O–H groups in total. The van der Waals surface area contributed by atoms with Crippen molar-refractivity contribution in [2.75, 3.05) is 11.6 Å². The van der Waals surface area contributed by atoms with Gasteiger partial charge in [0.15, 0.2) is 5.82 Å². The molecule has 6 heteroatoms. The Kier molecular flexibility index (Phi) is 2.68. The van der Waals surface area contributed by atoms with Gasteiger partial charge in [0, 0.05) is 27.5 Å². The maximum Gasteiger partial charge on any atom is 0.150 e. The molecule has 0 spiro atoms. The van der Waals surface area contributed by atoms with E-state index in [2.05, 4.69) is 25.9 Å². The Morgan fingerprint density at radius 1 is 1.24 bits per heavy atom. The van der Waals surface area contributed by atoms with Gasteiger partial charge < -0.3 is 11.6 Å². The largest absolute Gasteiger partial charge is 0.382 e. The first kappa shape index (κ1) is 12.6. The fourth-order valence-corrected chi connectivity index (χ4v) is 3.07. The highest BCUT2D eigenvalue weighted by Crippen LogP contribution is 2.42. The Labute approximate surface area is 130 Å². The van der Waals surface area contributed by atoms with E-state index in [1.165, 1.54) is 4.68 Å². The first-order valence-corrected chi connectivity index (χ1v) is 7.63. The van der Waals surface area contributed by atoms with Crippen LogP contribution in [0, 0.1) is 0 Å². The van der Waals surface area contributed by atoms with Crippen LogP contribution in [0.15, 0.2) is 34.9 Å². The van der Waals surface area contributed by atoms with E-state index in [0.29, 0.717) is 11.7 Å². The average molecular weight is 344 g/mol. The Morgan fingerprint density at radius 3 is 2.81 bits per heavy atom. The van der Waals surface area contributed by atoms with Crippen molar-refractivity contribution in [2.45, 2.75) is 18.8 Å². The van der Waals surface area contributed by atoms with Crippen molar-refractivity contribution in [3.05, 3.63) is 40.8 Å². The van der Waals surface area contributed by atoms with Crippen molar-refractivity contribution in [1.29, 1.82) is 0 Å². The predicted molar refractivity (Wildman–Crippen MR) is 87.2 cm³/mol. The average Bonchev–Trinajstić information content (AvgIpc) is 3.29. The summed E-state index contributed by atoms with van der Waals surface area (Å²) in [5.74, 6) is 7.86. The van der Waals surface area contributed by atoms with Gasteiger partial charge in [0.2, 0.25) is 0 Å². The summed E-state index contributed by atoms with van der Waals surface area (Å²) in [6.45, 7) is 0. The lowest BCUT2D eigenvalue weighted by atomic mass is 10.1. The molecular formula is C15H14BrN5. The first-order chi connectivity index (χ1) is 10.2. The summed E-state index contributed by atoms with van der Waals surface area (Å²) in [5, 5.41) is 1.04. The van der Waals surface area contributed by atoms with Crippen LogP contribution >= 0.6 is 15.9 Å². The Morgan fingerprint density at radius 2 is 2.05 bits per heavy atom. The summed E-state index contributed by atoms with van der Waals surface area (Å²) in [7, 11) is 0. The van der Waals surface area contributed by atoms with E-state index in [-0.39, 0.29) is 0 Å². The van der Waals surface area contributed by atoms with Crippen LogP contribution in [0.3, 0.4) is 0 Å². The smallest absolute Gasteiger partial charge is 0.150 e. The van der Waals surface area contributed by atoms with Crippen molar-refractivity contribution < 1.29 is 0 Å². The number of anilines is 1. The van der Waals surface area contributed by atoms with Gasteiger partial charge in [-0.05, 0) is 31.0 Å². The molecular weight excluding hydrogens is 330 g/mol. The van der Waals surface area contributed by atoms with Gasteiger partial charge in [-0.25, -0.2) is 9.66 Å². The third-order valence-electron chi connectivity index (χ3n) is 3.89. The molecule has 2 aromatic heterocycles. The molecule has 1 fully saturated rings. The van der Waals surface area contributed by atoms with Crippen LogP contribution in [0.4, 0.5) is 5.82 Å². The standard InChI is InChI=1S/C15H14BrN5/c16-11-6-5-10(12-9(11)2-1-7-19-12)13-14(17)21(18)15(20-13)8-3-4-8/h1-2,5-8H,3-4,17-18H2. The van der Waals surface area contributed by atoms with E-state index >= 15 is 0 Å². The van der Waals surface area contributed by atoms with Crippen LogP contribution < -0.4 is 11.6 Å². The zero-order valence-electron chi connectivity index (χ0n) is 11.3. The van der Waals surface area contributed by atoms with Crippen molar-refractivity contribution in [1.82, 2.24) is 14.6 Å². The van der Waals surface area contributed by atoms with Crippen molar-refractivity contribution in [3.63, 3.8) is 0 Å². The van der Waals surface area contributed by atoms with Gasteiger partial charge in [0.05, 0.1) is 5.52 Å². The first-order valence-electron chi connectivity index (χ1n) is 6.83. The van der Waals surface area contributed by atoms with Gasteiger partial charge in [-0.2, -0.15) is 0 Å². The molecule has 0 bridgehead atoms. The number of nitrogens with zero attached hydrogens (tertiary/aromatic N) is 3. The van der Waals surface area contributed by atoms with Crippen molar-refractivity contribution >= 4 is 32.7 Å². The van der Waals surface area contributed by atoms with Crippen LogP contribution in [-0.4, -0.2) is 14.6 Å². The molecule has 21 heavy (non-hydrogen) atoms. The Hall–Kier alpha value is -2.08. The number of pyridine rings is 1. The van der Waals surface area contributed by atoms with Crippen LogP contribution in [0.2, 0.25) is 0 Å². The summed E-state index contributed by atoms with van der Waals surface area (Å²) in [6, 6.07) is 7.91. The second-order valence-electron chi connectivity index (χ2n) is 5.34. The maximum absolute atomic E-state index is 6.17. The highest BCUT2D eigenvalue weighted by molar-refractivity contribution is 9.10. The lowest BCUT2D eigenvalue weighted by Gasteiger charge is -2.06. The zero-order chi connectivity index (χ0) is 14.6. The molecule has 106 valence electrons. The Bertz CT molecular complexity index is 851. The number of benzene rings is 1. The van der Waals surface area contributed by atoms with Gasteiger partial charge >= 0.3 is 0 Å². The van der Waals surface area contributed by atoms with E-state index in [4.69, 9.17) is 11.6 Å². The molecule has 1 aliphatic carbocycles. The van der Waals surface area contributed by atoms with Gasteiger partial charge in [0.25, 0.3) is 0 Å². The van der Waals surface area contributed by atoms with Gasteiger partial charge in [-0.1, -0.05) is 22.0 Å². The molecule has 2 heterocycles. The third-order valence-corrected chi connectivity index (χ3v) is 4.58. The van der Waals surface area contributed by atoms with E-state index in [1.807, 2.05) is 24.3 Å². The minimum absolute atomic E-state index is 0.445. The number of aromatic nitrogens is 3. The highest BCUT2D eigenvalue weighted by atomic mass is 79.9. The molecule has 1 saturated carbocycles.